The lowest BCUT2D eigenvalue weighted by atomic mass is 10.1. The second-order valence-electron chi connectivity index (χ2n) is 2.80. The summed E-state index contributed by atoms with van der Waals surface area (Å²) in [5, 5.41) is 0. The Kier molecular flexibility index (Phi) is 4.12. The molecule has 1 nitrogen and oxygen atoms in total. The summed E-state index contributed by atoms with van der Waals surface area (Å²) in [4.78, 5) is 3.49. The molecule has 8 heteroatoms. The average molecular weight is 324 g/mol. The molecule has 0 fully saturated rings. The first-order valence-electron chi connectivity index (χ1n) is 3.88. The third-order valence-corrected chi connectivity index (χ3v) is 2.60. The lowest BCUT2D eigenvalue weighted by Gasteiger charge is -2.14. The number of hydrogen-bond donors (Lipinski definition) is 0. The summed E-state index contributed by atoms with van der Waals surface area (Å²) in [7, 11) is 0. The summed E-state index contributed by atoms with van der Waals surface area (Å²) in [5.41, 5.74) is -2.70. The molecule has 1 heterocycles. The minimum Gasteiger partial charge on any atom is -0.244 e. The molecule has 0 amide bonds. The predicted molar refractivity (Wildman–Crippen MR) is 51.5 cm³/mol. The van der Waals surface area contributed by atoms with Crippen LogP contribution in [0.3, 0.4) is 0 Å². The third-order valence-electron chi connectivity index (χ3n) is 1.73. The van der Waals surface area contributed by atoms with E-state index in [9.17, 15) is 22.0 Å². The maximum absolute atomic E-state index is 12.5. The van der Waals surface area contributed by atoms with Crippen molar-refractivity contribution < 1.29 is 22.0 Å². The number of halogens is 7. The number of rotatable bonds is 2. The van der Waals surface area contributed by atoms with Crippen LogP contribution < -0.4 is 0 Å². The topological polar surface area (TPSA) is 12.9 Å². The van der Waals surface area contributed by atoms with E-state index in [4.69, 9.17) is 11.6 Å². The predicted octanol–water partition coefficient (Wildman–Crippen LogP) is 4.54. The second-order valence-corrected chi connectivity index (χ2v) is 3.82. The summed E-state index contributed by atoms with van der Waals surface area (Å²) >= 11 is 7.90. The van der Waals surface area contributed by atoms with Gasteiger partial charge in [0.2, 0.25) is 0 Å². The largest absolute Gasteiger partial charge is 0.417 e. The Hall–Kier alpha value is -0.430. The molecule has 0 aliphatic rings. The molecule has 0 aromatic carbocycles. The van der Waals surface area contributed by atoms with E-state index in [0.29, 0.717) is 6.07 Å². The Labute approximate surface area is 101 Å². The average Bonchev–Trinajstić information content (AvgIpc) is 2.14. The molecule has 0 atom stereocenters. The molecule has 1 aromatic rings. The van der Waals surface area contributed by atoms with Crippen molar-refractivity contribution in [1.82, 2.24) is 4.98 Å². The number of alkyl halides is 6. The molecule has 1 aromatic heterocycles. The van der Waals surface area contributed by atoms with Crippen LogP contribution in [0.15, 0.2) is 10.7 Å². The fraction of sp³-hybridized carbons (Fsp3) is 0.375. The van der Waals surface area contributed by atoms with Crippen molar-refractivity contribution in [1.29, 1.82) is 0 Å². The number of pyridine rings is 1. The molecule has 0 aliphatic heterocycles. The Morgan fingerprint density at radius 3 is 2.31 bits per heavy atom. The maximum Gasteiger partial charge on any atom is 0.417 e. The van der Waals surface area contributed by atoms with Crippen molar-refractivity contribution in [3.63, 3.8) is 0 Å². The highest BCUT2D eigenvalue weighted by Gasteiger charge is 2.37. The molecule has 0 spiro atoms. The highest BCUT2D eigenvalue weighted by Crippen LogP contribution is 2.39. The van der Waals surface area contributed by atoms with E-state index in [0.717, 1.165) is 0 Å². The second kappa shape index (κ2) is 4.83. The van der Waals surface area contributed by atoms with Crippen molar-refractivity contribution in [2.24, 2.45) is 0 Å². The van der Waals surface area contributed by atoms with Gasteiger partial charge in [-0.1, -0.05) is 0 Å². The van der Waals surface area contributed by atoms with Gasteiger partial charge in [-0.15, -0.1) is 11.6 Å². The van der Waals surface area contributed by atoms with Crippen LogP contribution in [-0.2, 0) is 12.1 Å². The van der Waals surface area contributed by atoms with Crippen LogP contribution in [-0.4, -0.2) is 4.98 Å². The first-order valence-corrected chi connectivity index (χ1v) is 5.20. The van der Waals surface area contributed by atoms with Crippen molar-refractivity contribution in [3.05, 3.63) is 27.5 Å². The maximum atomic E-state index is 12.5. The molecule has 0 saturated heterocycles. The van der Waals surface area contributed by atoms with Gasteiger partial charge in [-0.05, 0) is 22.0 Å². The number of aromatic nitrogens is 1. The highest BCUT2D eigenvalue weighted by molar-refractivity contribution is 9.10. The van der Waals surface area contributed by atoms with Crippen LogP contribution in [0.1, 0.15) is 23.2 Å². The van der Waals surface area contributed by atoms with Crippen molar-refractivity contribution >= 4 is 27.5 Å². The Morgan fingerprint density at radius 1 is 1.38 bits per heavy atom. The van der Waals surface area contributed by atoms with Gasteiger partial charge < -0.3 is 0 Å². The fourth-order valence-corrected chi connectivity index (χ4v) is 1.84. The fourth-order valence-electron chi connectivity index (χ4n) is 1.08. The van der Waals surface area contributed by atoms with Crippen molar-refractivity contribution in [3.8, 4) is 0 Å². The van der Waals surface area contributed by atoms with E-state index in [1.807, 2.05) is 0 Å². The van der Waals surface area contributed by atoms with Crippen LogP contribution in [0.2, 0.25) is 0 Å². The SMILES string of the molecule is FC(F)c1c(C(F)(F)F)cc(CCl)nc1Br. The smallest absolute Gasteiger partial charge is 0.244 e. The van der Waals surface area contributed by atoms with Crippen LogP contribution in [0, 0.1) is 0 Å². The minimum absolute atomic E-state index is 0.120. The molecule has 0 unspecified atom stereocenters. The monoisotopic (exact) mass is 323 g/mol. The van der Waals surface area contributed by atoms with Gasteiger partial charge >= 0.3 is 6.18 Å². The Morgan fingerprint density at radius 2 is 1.94 bits per heavy atom. The zero-order chi connectivity index (χ0) is 12.5. The van der Waals surface area contributed by atoms with Gasteiger partial charge in [-0.25, -0.2) is 13.8 Å². The number of nitrogens with zero attached hydrogens (tertiary/aromatic N) is 1. The van der Waals surface area contributed by atoms with E-state index in [1.165, 1.54) is 0 Å². The van der Waals surface area contributed by atoms with E-state index in [1.54, 1.807) is 0 Å². The first kappa shape index (κ1) is 13.6. The summed E-state index contributed by atoms with van der Waals surface area (Å²) in [6.45, 7) is 0. The summed E-state index contributed by atoms with van der Waals surface area (Å²) in [6, 6.07) is 0.527. The molecular formula is C8H4BrClF5N. The standard InChI is InChI=1S/C8H4BrClF5N/c9-6-5(7(11)12)4(8(13,14)15)1-3(2-10)16-6/h1,7H,2H2. The minimum atomic E-state index is -4.86. The normalized spacial score (nSPS) is 12.2. The van der Waals surface area contributed by atoms with Crippen molar-refractivity contribution in [2.75, 3.05) is 0 Å². The van der Waals surface area contributed by atoms with Gasteiger partial charge in [0.05, 0.1) is 22.7 Å². The van der Waals surface area contributed by atoms with E-state index in [-0.39, 0.29) is 11.6 Å². The quantitative estimate of drug-likeness (QED) is 0.442. The lowest BCUT2D eigenvalue weighted by Crippen LogP contribution is -2.12. The molecule has 1 rings (SSSR count). The van der Waals surface area contributed by atoms with Gasteiger partial charge in [0.25, 0.3) is 6.43 Å². The molecule has 0 aliphatic carbocycles. The van der Waals surface area contributed by atoms with Gasteiger partial charge in [0.1, 0.15) is 4.60 Å². The molecular weight excluding hydrogens is 320 g/mol. The number of hydrogen-bond acceptors (Lipinski definition) is 1. The van der Waals surface area contributed by atoms with Crippen LogP contribution in [0.4, 0.5) is 22.0 Å². The lowest BCUT2D eigenvalue weighted by molar-refractivity contribution is -0.139. The third kappa shape index (κ3) is 2.82. The summed E-state index contributed by atoms with van der Waals surface area (Å²) in [6.07, 6.45) is -8.12. The molecule has 90 valence electrons. The molecule has 0 radical (unpaired) electrons. The molecule has 16 heavy (non-hydrogen) atoms. The van der Waals surface area contributed by atoms with Gasteiger partial charge in [0, 0.05) is 0 Å². The van der Waals surface area contributed by atoms with Gasteiger partial charge in [-0.3, -0.25) is 0 Å². The van der Waals surface area contributed by atoms with Gasteiger partial charge in [0.15, 0.2) is 0 Å². The van der Waals surface area contributed by atoms with E-state index >= 15 is 0 Å². The first-order chi connectivity index (χ1) is 7.27. The van der Waals surface area contributed by atoms with E-state index in [2.05, 4.69) is 20.9 Å². The molecule has 0 saturated carbocycles. The summed E-state index contributed by atoms with van der Waals surface area (Å²) in [5.74, 6) is -0.287. The zero-order valence-corrected chi connectivity index (χ0v) is 9.80. The Bertz CT molecular complexity index is 393. The molecule has 0 N–H and O–H groups in total. The van der Waals surface area contributed by atoms with Crippen LogP contribution in [0.5, 0.6) is 0 Å². The van der Waals surface area contributed by atoms with Crippen LogP contribution in [0.25, 0.3) is 0 Å². The van der Waals surface area contributed by atoms with E-state index < -0.39 is 28.3 Å². The van der Waals surface area contributed by atoms with Crippen LogP contribution >= 0.6 is 27.5 Å². The van der Waals surface area contributed by atoms with Gasteiger partial charge in [-0.2, -0.15) is 13.2 Å². The Balaban J connectivity index is 3.47. The highest BCUT2D eigenvalue weighted by atomic mass is 79.9. The zero-order valence-electron chi connectivity index (χ0n) is 7.45. The molecule has 0 bridgehead atoms. The summed E-state index contributed by atoms with van der Waals surface area (Å²) < 4.78 is 61.8. The van der Waals surface area contributed by atoms with Crippen molar-refractivity contribution in [2.45, 2.75) is 18.5 Å².